The van der Waals surface area contributed by atoms with E-state index in [-0.39, 0.29) is 5.41 Å². The summed E-state index contributed by atoms with van der Waals surface area (Å²) in [7, 11) is 0. The Hall–Kier alpha value is -0.160. The molecule has 2 aliphatic heterocycles. The van der Waals surface area contributed by atoms with Gasteiger partial charge in [0.15, 0.2) is 0 Å². The second-order valence-electron chi connectivity index (χ2n) is 5.89. The summed E-state index contributed by atoms with van der Waals surface area (Å²) in [5, 5.41) is 12.9. The highest BCUT2D eigenvalue weighted by atomic mass is 16.5. The minimum absolute atomic E-state index is 0.256. The predicted molar refractivity (Wildman–Crippen MR) is 72.7 cm³/mol. The van der Waals surface area contributed by atoms with E-state index in [1.165, 1.54) is 19.3 Å². The highest BCUT2D eigenvalue weighted by molar-refractivity contribution is 4.91. The maximum atomic E-state index is 9.44. The minimum atomic E-state index is 0.256. The number of ether oxygens (including phenoxy) is 1. The molecule has 18 heavy (non-hydrogen) atoms. The van der Waals surface area contributed by atoms with E-state index in [1.807, 2.05) is 0 Å². The normalized spacial score (nSPS) is 34.0. The van der Waals surface area contributed by atoms with Crippen LogP contribution in [0.3, 0.4) is 0 Å². The zero-order valence-electron chi connectivity index (χ0n) is 11.7. The zero-order valence-corrected chi connectivity index (χ0v) is 11.7. The fraction of sp³-hybridized carbons (Fsp3) is 1.00. The Balaban J connectivity index is 1.95. The highest BCUT2D eigenvalue weighted by Crippen LogP contribution is 2.31. The summed E-state index contributed by atoms with van der Waals surface area (Å²) in [5.41, 5.74) is 0.256. The molecule has 0 radical (unpaired) electrons. The Morgan fingerprint density at radius 2 is 2.33 bits per heavy atom. The van der Waals surface area contributed by atoms with Gasteiger partial charge in [0.05, 0.1) is 13.2 Å². The average molecular weight is 256 g/mol. The Bertz CT molecular complexity index is 242. The largest absolute Gasteiger partial charge is 0.395 e. The van der Waals surface area contributed by atoms with Gasteiger partial charge in [-0.25, -0.2) is 0 Å². The fourth-order valence-corrected chi connectivity index (χ4v) is 3.36. The van der Waals surface area contributed by atoms with Crippen LogP contribution in [0.25, 0.3) is 0 Å². The van der Waals surface area contributed by atoms with Crippen molar-refractivity contribution in [1.82, 2.24) is 10.2 Å². The SMILES string of the molecule is CCNCC1(CN2CCCC2CO)CCCOC1. The molecular formula is C14H28N2O2. The first-order valence-electron chi connectivity index (χ1n) is 7.43. The van der Waals surface area contributed by atoms with E-state index in [4.69, 9.17) is 4.74 Å². The lowest BCUT2D eigenvalue weighted by atomic mass is 9.81. The van der Waals surface area contributed by atoms with Gasteiger partial charge in [-0.3, -0.25) is 4.90 Å². The summed E-state index contributed by atoms with van der Waals surface area (Å²) >= 11 is 0. The van der Waals surface area contributed by atoms with Gasteiger partial charge >= 0.3 is 0 Å². The van der Waals surface area contributed by atoms with Crippen LogP contribution in [0, 0.1) is 5.41 Å². The van der Waals surface area contributed by atoms with Crippen LogP contribution < -0.4 is 5.32 Å². The quantitative estimate of drug-likeness (QED) is 0.739. The molecule has 0 aromatic carbocycles. The number of likely N-dealkylation sites (tertiary alicyclic amines) is 1. The third-order valence-electron chi connectivity index (χ3n) is 4.40. The summed E-state index contributed by atoms with van der Waals surface area (Å²) < 4.78 is 5.73. The van der Waals surface area contributed by atoms with Gasteiger partial charge in [0.25, 0.3) is 0 Å². The lowest BCUT2D eigenvalue weighted by Crippen LogP contribution is -2.50. The molecule has 2 atom stereocenters. The first kappa shape index (κ1) is 14.3. The number of aliphatic hydroxyl groups excluding tert-OH is 1. The predicted octanol–water partition coefficient (Wildman–Crippen LogP) is 0.849. The van der Waals surface area contributed by atoms with E-state index < -0.39 is 0 Å². The molecule has 0 bridgehead atoms. The van der Waals surface area contributed by atoms with Gasteiger partial charge in [-0.05, 0) is 38.8 Å². The second-order valence-corrected chi connectivity index (χ2v) is 5.89. The van der Waals surface area contributed by atoms with E-state index in [9.17, 15) is 5.11 Å². The first-order chi connectivity index (χ1) is 8.79. The Morgan fingerprint density at radius 1 is 1.44 bits per heavy atom. The molecule has 0 aliphatic carbocycles. The standard InChI is InChI=1S/C14H28N2O2/c1-2-15-10-14(6-4-8-18-12-14)11-16-7-3-5-13(16)9-17/h13,15,17H,2-12H2,1H3. The number of rotatable bonds is 6. The van der Waals surface area contributed by atoms with Crippen molar-refractivity contribution in [2.24, 2.45) is 5.41 Å². The maximum absolute atomic E-state index is 9.44. The summed E-state index contributed by atoms with van der Waals surface area (Å²) in [5.74, 6) is 0. The maximum Gasteiger partial charge on any atom is 0.0586 e. The van der Waals surface area contributed by atoms with E-state index in [0.29, 0.717) is 12.6 Å². The molecule has 0 aromatic heterocycles. The van der Waals surface area contributed by atoms with Gasteiger partial charge in [0.2, 0.25) is 0 Å². The Labute approximate surface area is 111 Å². The number of aliphatic hydroxyl groups is 1. The van der Waals surface area contributed by atoms with Gasteiger partial charge in [-0.1, -0.05) is 6.92 Å². The first-order valence-corrected chi connectivity index (χ1v) is 7.43. The number of nitrogens with one attached hydrogen (secondary N) is 1. The molecule has 2 heterocycles. The van der Waals surface area contributed by atoms with E-state index in [1.54, 1.807) is 0 Å². The van der Waals surface area contributed by atoms with E-state index in [0.717, 1.165) is 45.8 Å². The fourth-order valence-electron chi connectivity index (χ4n) is 3.36. The molecule has 2 saturated heterocycles. The second kappa shape index (κ2) is 6.85. The average Bonchev–Trinajstić information content (AvgIpc) is 2.84. The van der Waals surface area contributed by atoms with Crippen molar-refractivity contribution in [3.63, 3.8) is 0 Å². The minimum Gasteiger partial charge on any atom is -0.395 e. The van der Waals surface area contributed by atoms with Crippen molar-refractivity contribution < 1.29 is 9.84 Å². The van der Waals surface area contributed by atoms with Crippen LogP contribution in [0.15, 0.2) is 0 Å². The summed E-state index contributed by atoms with van der Waals surface area (Å²) in [6, 6.07) is 0.380. The molecule has 0 amide bonds. The van der Waals surface area contributed by atoms with E-state index in [2.05, 4.69) is 17.1 Å². The number of hydrogen-bond donors (Lipinski definition) is 2. The topological polar surface area (TPSA) is 44.7 Å². The van der Waals surface area contributed by atoms with Gasteiger partial charge in [0.1, 0.15) is 0 Å². The molecule has 4 nitrogen and oxygen atoms in total. The third kappa shape index (κ3) is 3.44. The monoisotopic (exact) mass is 256 g/mol. The van der Waals surface area contributed by atoms with Crippen molar-refractivity contribution in [1.29, 1.82) is 0 Å². The Morgan fingerprint density at radius 3 is 3.00 bits per heavy atom. The molecule has 106 valence electrons. The van der Waals surface area contributed by atoms with Crippen LogP contribution in [0.5, 0.6) is 0 Å². The lowest BCUT2D eigenvalue weighted by molar-refractivity contribution is -0.0308. The van der Waals surface area contributed by atoms with Gasteiger partial charge in [0, 0.05) is 31.2 Å². The van der Waals surface area contributed by atoms with Crippen LogP contribution in [-0.4, -0.2) is 62.0 Å². The van der Waals surface area contributed by atoms with Crippen molar-refractivity contribution in [3.05, 3.63) is 0 Å². The molecular weight excluding hydrogens is 228 g/mol. The molecule has 0 saturated carbocycles. The zero-order chi connectivity index (χ0) is 12.8. The van der Waals surface area contributed by atoms with Crippen molar-refractivity contribution in [3.8, 4) is 0 Å². The van der Waals surface area contributed by atoms with Gasteiger partial charge in [-0.15, -0.1) is 0 Å². The third-order valence-corrected chi connectivity index (χ3v) is 4.40. The highest BCUT2D eigenvalue weighted by Gasteiger charge is 2.37. The lowest BCUT2D eigenvalue weighted by Gasteiger charge is -2.41. The van der Waals surface area contributed by atoms with Crippen LogP contribution in [0.1, 0.15) is 32.6 Å². The molecule has 2 rings (SSSR count). The molecule has 2 aliphatic rings. The van der Waals surface area contributed by atoms with Crippen molar-refractivity contribution in [2.45, 2.75) is 38.6 Å². The molecule has 2 unspecified atom stereocenters. The molecule has 2 fully saturated rings. The molecule has 0 aromatic rings. The van der Waals surface area contributed by atoms with Gasteiger partial charge in [-0.2, -0.15) is 0 Å². The van der Waals surface area contributed by atoms with Crippen LogP contribution >= 0.6 is 0 Å². The molecule has 2 N–H and O–H groups in total. The van der Waals surface area contributed by atoms with Crippen molar-refractivity contribution in [2.75, 3.05) is 46.0 Å². The molecule has 4 heteroatoms. The smallest absolute Gasteiger partial charge is 0.0586 e. The van der Waals surface area contributed by atoms with Crippen LogP contribution in [0.2, 0.25) is 0 Å². The Kier molecular flexibility index (Phi) is 5.42. The number of nitrogens with zero attached hydrogens (tertiary/aromatic N) is 1. The van der Waals surface area contributed by atoms with Gasteiger partial charge < -0.3 is 15.2 Å². The van der Waals surface area contributed by atoms with E-state index >= 15 is 0 Å². The summed E-state index contributed by atoms with van der Waals surface area (Å²) in [6.07, 6.45) is 4.79. The summed E-state index contributed by atoms with van der Waals surface area (Å²) in [4.78, 5) is 2.48. The van der Waals surface area contributed by atoms with Crippen LogP contribution in [-0.2, 0) is 4.74 Å². The summed E-state index contributed by atoms with van der Waals surface area (Å²) in [6.45, 7) is 8.52. The van der Waals surface area contributed by atoms with Crippen molar-refractivity contribution >= 4 is 0 Å². The molecule has 0 spiro atoms. The number of hydrogen-bond acceptors (Lipinski definition) is 4. The van der Waals surface area contributed by atoms with Crippen LogP contribution in [0.4, 0.5) is 0 Å².